The van der Waals surface area contributed by atoms with E-state index >= 15 is 0 Å². The van der Waals surface area contributed by atoms with Crippen LogP contribution in [0.2, 0.25) is 0 Å². The Bertz CT molecular complexity index is 386. The minimum Gasteiger partial charge on any atom is -0.506 e. The van der Waals surface area contributed by atoms with E-state index < -0.39 is 11.0 Å². The van der Waals surface area contributed by atoms with Crippen LogP contribution in [0, 0.1) is 10.1 Å². The lowest BCUT2D eigenvalue weighted by Crippen LogP contribution is -2.20. The van der Waals surface area contributed by atoms with Crippen LogP contribution in [0.25, 0.3) is 0 Å². The highest BCUT2D eigenvalue weighted by molar-refractivity contribution is 6.18. The second-order valence-corrected chi connectivity index (χ2v) is 3.46. The van der Waals surface area contributed by atoms with E-state index in [2.05, 4.69) is 5.32 Å². The van der Waals surface area contributed by atoms with Gasteiger partial charge in [-0.3, -0.25) is 10.1 Å². The molecular weight excluding hydrogens is 236 g/mol. The number of nitro benzene ring substituents is 1. The fraction of sp³-hybridized carbons (Fsp3) is 0.333. The molecule has 0 radical (unpaired) electrons. The van der Waals surface area contributed by atoms with Crippen molar-refractivity contribution in [3.63, 3.8) is 0 Å². The number of non-ortho nitro benzene ring substituents is 1. The summed E-state index contributed by atoms with van der Waals surface area (Å²) in [4.78, 5) is 9.92. The molecule has 88 valence electrons. The number of aliphatic hydroxyl groups is 1. The highest BCUT2D eigenvalue weighted by Crippen LogP contribution is 2.27. The number of phenols is 1. The van der Waals surface area contributed by atoms with Gasteiger partial charge in [0.05, 0.1) is 22.6 Å². The van der Waals surface area contributed by atoms with E-state index in [1.54, 1.807) is 0 Å². The summed E-state index contributed by atoms with van der Waals surface area (Å²) in [6.45, 7) is 0.109. The van der Waals surface area contributed by atoms with Gasteiger partial charge in [0.15, 0.2) is 0 Å². The summed E-state index contributed by atoms with van der Waals surface area (Å²) in [6.07, 6.45) is -0.777. The molecule has 0 aliphatic carbocycles. The van der Waals surface area contributed by atoms with Crippen molar-refractivity contribution >= 4 is 23.0 Å². The van der Waals surface area contributed by atoms with Crippen molar-refractivity contribution in [1.82, 2.24) is 0 Å². The third-order valence-electron chi connectivity index (χ3n) is 1.90. The standard InChI is InChI=1S/C9H11ClN2O4/c10-4-7(13)5-11-8-3-6(12(15)16)1-2-9(8)14/h1-3,7,11,13-14H,4-5H2/t7-/m0/s1. The molecule has 1 atom stereocenters. The van der Waals surface area contributed by atoms with Crippen LogP contribution >= 0.6 is 11.6 Å². The first-order valence-corrected chi connectivity index (χ1v) is 5.03. The van der Waals surface area contributed by atoms with Crippen LogP contribution in [-0.4, -0.2) is 33.7 Å². The number of anilines is 1. The maximum atomic E-state index is 10.5. The summed E-state index contributed by atoms with van der Waals surface area (Å²) in [5.41, 5.74) is 0.0547. The van der Waals surface area contributed by atoms with E-state index in [0.29, 0.717) is 0 Å². The normalized spacial score (nSPS) is 12.1. The van der Waals surface area contributed by atoms with E-state index in [1.807, 2.05) is 0 Å². The Hall–Kier alpha value is -1.53. The minimum absolute atomic E-state index is 0.0443. The molecule has 1 aromatic carbocycles. The zero-order valence-corrected chi connectivity index (χ0v) is 9.02. The van der Waals surface area contributed by atoms with Gasteiger partial charge in [0, 0.05) is 18.7 Å². The SMILES string of the molecule is O=[N+]([O-])c1ccc(O)c(NC[C@@H](O)CCl)c1. The van der Waals surface area contributed by atoms with Crippen molar-refractivity contribution in [2.45, 2.75) is 6.10 Å². The number of benzene rings is 1. The predicted molar refractivity (Wildman–Crippen MR) is 60.0 cm³/mol. The number of nitrogens with zero attached hydrogens (tertiary/aromatic N) is 1. The first-order chi connectivity index (χ1) is 7.54. The molecule has 0 unspecified atom stereocenters. The lowest BCUT2D eigenvalue weighted by molar-refractivity contribution is -0.384. The number of hydrogen-bond acceptors (Lipinski definition) is 5. The van der Waals surface area contributed by atoms with Crippen LogP contribution in [-0.2, 0) is 0 Å². The van der Waals surface area contributed by atoms with Gasteiger partial charge in [-0.25, -0.2) is 0 Å². The molecule has 0 aliphatic rings. The molecule has 1 rings (SSSR count). The van der Waals surface area contributed by atoms with E-state index in [-0.39, 0.29) is 29.5 Å². The molecule has 6 nitrogen and oxygen atoms in total. The maximum Gasteiger partial charge on any atom is 0.271 e. The Balaban J connectivity index is 2.78. The van der Waals surface area contributed by atoms with E-state index in [9.17, 15) is 20.3 Å². The molecule has 3 N–H and O–H groups in total. The molecular formula is C9H11ClN2O4. The monoisotopic (exact) mass is 246 g/mol. The lowest BCUT2D eigenvalue weighted by Gasteiger charge is -2.10. The topological polar surface area (TPSA) is 95.6 Å². The van der Waals surface area contributed by atoms with Crippen molar-refractivity contribution in [3.05, 3.63) is 28.3 Å². The van der Waals surface area contributed by atoms with Crippen molar-refractivity contribution in [1.29, 1.82) is 0 Å². The summed E-state index contributed by atoms with van der Waals surface area (Å²) < 4.78 is 0. The molecule has 0 spiro atoms. The average Bonchev–Trinajstić information content (AvgIpc) is 2.27. The molecule has 0 saturated carbocycles. The summed E-state index contributed by atoms with van der Waals surface area (Å²) in [5.74, 6) is -0.0738. The van der Waals surface area contributed by atoms with Gasteiger partial charge >= 0.3 is 0 Å². The van der Waals surface area contributed by atoms with Crippen molar-refractivity contribution < 1.29 is 15.1 Å². The summed E-state index contributed by atoms with van der Waals surface area (Å²) in [5, 5.41) is 31.7. The average molecular weight is 247 g/mol. The lowest BCUT2D eigenvalue weighted by atomic mass is 10.2. The third-order valence-corrected chi connectivity index (χ3v) is 2.25. The van der Waals surface area contributed by atoms with Gasteiger partial charge in [0.25, 0.3) is 5.69 Å². The highest BCUT2D eigenvalue weighted by Gasteiger charge is 2.11. The van der Waals surface area contributed by atoms with E-state index in [1.165, 1.54) is 18.2 Å². The zero-order valence-electron chi connectivity index (χ0n) is 8.26. The largest absolute Gasteiger partial charge is 0.506 e. The van der Waals surface area contributed by atoms with Crippen LogP contribution in [0.1, 0.15) is 0 Å². The first kappa shape index (κ1) is 12.5. The molecule has 0 bridgehead atoms. The molecule has 0 aliphatic heterocycles. The Kier molecular flexibility index (Phi) is 4.33. The van der Waals surface area contributed by atoms with Crippen molar-refractivity contribution in [3.8, 4) is 5.75 Å². The van der Waals surface area contributed by atoms with Crippen LogP contribution in [0.5, 0.6) is 5.75 Å². The maximum absolute atomic E-state index is 10.5. The van der Waals surface area contributed by atoms with Gasteiger partial charge in [-0.1, -0.05) is 0 Å². The van der Waals surface area contributed by atoms with Crippen molar-refractivity contribution in [2.24, 2.45) is 0 Å². The van der Waals surface area contributed by atoms with Gasteiger partial charge in [0.2, 0.25) is 0 Å². The van der Waals surface area contributed by atoms with Crippen LogP contribution in [0.4, 0.5) is 11.4 Å². The summed E-state index contributed by atoms with van der Waals surface area (Å²) >= 11 is 5.38. The van der Waals surface area contributed by atoms with E-state index in [0.717, 1.165) is 0 Å². The summed E-state index contributed by atoms with van der Waals surface area (Å²) in [7, 11) is 0. The van der Waals surface area contributed by atoms with Gasteiger partial charge in [-0.15, -0.1) is 11.6 Å². The Morgan fingerprint density at radius 1 is 1.56 bits per heavy atom. The summed E-state index contributed by atoms with van der Waals surface area (Å²) in [6, 6.07) is 3.60. The number of nitro groups is 1. The smallest absolute Gasteiger partial charge is 0.271 e. The second kappa shape index (κ2) is 5.53. The van der Waals surface area contributed by atoms with Crippen LogP contribution < -0.4 is 5.32 Å². The van der Waals surface area contributed by atoms with Gasteiger partial charge in [-0.05, 0) is 6.07 Å². The fourth-order valence-corrected chi connectivity index (χ4v) is 1.17. The molecule has 16 heavy (non-hydrogen) atoms. The molecule has 0 saturated heterocycles. The fourth-order valence-electron chi connectivity index (χ4n) is 1.06. The highest BCUT2D eigenvalue weighted by atomic mass is 35.5. The number of nitrogens with one attached hydrogen (secondary N) is 1. The number of rotatable bonds is 5. The van der Waals surface area contributed by atoms with Gasteiger partial charge in [-0.2, -0.15) is 0 Å². The molecule has 0 amide bonds. The van der Waals surface area contributed by atoms with Gasteiger partial charge in [0.1, 0.15) is 5.75 Å². The number of aromatic hydroxyl groups is 1. The van der Waals surface area contributed by atoms with Crippen LogP contribution in [0.3, 0.4) is 0 Å². The Morgan fingerprint density at radius 2 is 2.25 bits per heavy atom. The Morgan fingerprint density at radius 3 is 2.81 bits per heavy atom. The molecule has 0 fully saturated rings. The zero-order chi connectivity index (χ0) is 12.1. The quantitative estimate of drug-likeness (QED) is 0.315. The number of phenolic OH excluding ortho intramolecular Hbond substituents is 1. The second-order valence-electron chi connectivity index (χ2n) is 3.15. The number of alkyl halides is 1. The molecule has 1 aromatic rings. The molecule has 7 heteroatoms. The van der Waals surface area contributed by atoms with Crippen LogP contribution in [0.15, 0.2) is 18.2 Å². The van der Waals surface area contributed by atoms with Crippen molar-refractivity contribution in [2.75, 3.05) is 17.7 Å². The number of halogens is 1. The predicted octanol–water partition coefficient (Wildman–Crippen LogP) is 1.31. The molecule has 0 aromatic heterocycles. The number of aliphatic hydroxyl groups excluding tert-OH is 1. The Labute approximate surface area is 96.6 Å². The third kappa shape index (κ3) is 3.25. The van der Waals surface area contributed by atoms with E-state index in [4.69, 9.17) is 11.6 Å². The first-order valence-electron chi connectivity index (χ1n) is 4.50. The van der Waals surface area contributed by atoms with Gasteiger partial charge < -0.3 is 15.5 Å². The minimum atomic E-state index is -0.777. The molecule has 0 heterocycles. The number of hydrogen-bond donors (Lipinski definition) is 3.